The lowest BCUT2D eigenvalue weighted by Gasteiger charge is -2.10. The molecule has 1 aromatic rings. The smallest absolute Gasteiger partial charge is 0.319 e. The summed E-state index contributed by atoms with van der Waals surface area (Å²) in [5.74, 6) is -0.134. The van der Waals surface area contributed by atoms with Gasteiger partial charge in [-0.25, -0.2) is 0 Å². The molecular formula is C14H18N2O3. The second kappa shape index (κ2) is 5.84. The molecule has 1 amide bonds. The van der Waals surface area contributed by atoms with Crippen molar-refractivity contribution in [1.82, 2.24) is 5.32 Å². The minimum absolute atomic E-state index is 0.117. The van der Waals surface area contributed by atoms with Crippen molar-refractivity contribution in [1.29, 1.82) is 0 Å². The van der Waals surface area contributed by atoms with Gasteiger partial charge in [-0.3, -0.25) is 9.59 Å². The molecule has 2 rings (SSSR count). The van der Waals surface area contributed by atoms with Crippen LogP contribution < -0.4 is 10.2 Å². The number of hydrogen-bond acceptors (Lipinski definition) is 4. The molecule has 1 N–H and O–H groups in total. The van der Waals surface area contributed by atoms with Crippen LogP contribution in [0.25, 0.3) is 0 Å². The van der Waals surface area contributed by atoms with Crippen molar-refractivity contribution in [2.75, 3.05) is 25.1 Å². The summed E-state index contributed by atoms with van der Waals surface area (Å²) in [6.45, 7) is 2.97. The SMILES string of the molecule is CCOC(=O)CNCc1ccc2c(c1)CC(=O)N2C. The molecular weight excluding hydrogens is 244 g/mol. The zero-order valence-electron chi connectivity index (χ0n) is 11.2. The molecule has 1 aromatic carbocycles. The normalized spacial score (nSPS) is 13.6. The van der Waals surface area contributed by atoms with Gasteiger partial charge in [-0.2, -0.15) is 0 Å². The van der Waals surface area contributed by atoms with E-state index in [-0.39, 0.29) is 18.4 Å². The lowest BCUT2D eigenvalue weighted by molar-refractivity contribution is -0.142. The number of carbonyl (C=O) groups excluding carboxylic acids is 2. The van der Waals surface area contributed by atoms with Crippen LogP contribution in [0.4, 0.5) is 5.69 Å². The second-order valence-corrected chi connectivity index (χ2v) is 4.50. The Morgan fingerprint density at radius 2 is 2.26 bits per heavy atom. The monoisotopic (exact) mass is 262 g/mol. The number of esters is 1. The highest BCUT2D eigenvalue weighted by atomic mass is 16.5. The first kappa shape index (κ1) is 13.5. The molecule has 0 aliphatic carbocycles. The standard InChI is InChI=1S/C14H18N2O3/c1-3-19-14(18)9-15-8-10-4-5-12-11(6-10)7-13(17)16(12)2/h4-6,15H,3,7-9H2,1-2H3. The fourth-order valence-electron chi connectivity index (χ4n) is 2.15. The molecule has 19 heavy (non-hydrogen) atoms. The van der Waals surface area contributed by atoms with Crippen molar-refractivity contribution in [2.45, 2.75) is 19.9 Å². The summed E-state index contributed by atoms with van der Waals surface area (Å²) < 4.78 is 4.83. The topological polar surface area (TPSA) is 58.6 Å². The Morgan fingerprint density at radius 3 is 3.00 bits per heavy atom. The van der Waals surface area contributed by atoms with Crippen LogP contribution in [0.1, 0.15) is 18.1 Å². The summed E-state index contributed by atoms with van der Waals surface area (Å²) in [5, 5.41) is 3.03. The van der Waals surface area contributed by atoms with Gasteiger partial charge in [-0.1, -0.05) is 12.1 Å². The van der Waals surface area contributed by atoms with Crippen molar-refractivity contribution < 1.29 is 14.3 Å². The average molecular weight is 262 g/mol. The van der Waals surface area contributed by atoms with Crippen LogP contribution in [0, 0.1) is 0 Å². The molecule has 0 spiro atoms. The number of benzene rings is 1. The van der Waals surface area contributed by atoms with E-state index in [0.29, 0.717) is 19.6 Å². The molecule has 1 aliphatic heterocycles. The Labute approximate surface area is 112 Å². The second-order valence-electron chi connectivity index (χ2n) is 4.50. The number of hydrogen-bond donors (Lipinski definition) is 1. The van der Waals surface area contributed by atoms with E-state index >= 15 is 0 Å². The molecule has 0 bridgehead atoms. The van der Waals surface area contributed by atoms with Gasteiger partial charge >= 0.3 is 5.97 Å². The molecule has 102 valence electrons. The predicted octanol–water partition coefficient (Wildman–Crippen LogP) is 0.858. The van der Waals surface area contributed by atoms with Gasteiger partial charge in [-0.15, -0.1) is 0 Å². The molecule has 0 saturated carbocycles. The molecule has 5 nitrogen and oxygen atoms in total. The molecule has 5 heteroatoms. The Bertz CT molecular complexity index is 499. The number of fused-ring (bicyclic) bond motifs is 1. The summed E-state index contributed by atoms with van der Waals surface area (Å²) in [7, 11) is 1.78. The van der Waals surface area contributed by atoms with Crippen molar-refractivity contribution >= 4 is 17.6 Å². The number of ether oxygens (including phenoxy) is 1. The Kier molecular flexibility index (Phi) is 4.16. The number of amides is 1. The maximum absolute atomic E-state index is 11.6. The summed E-state index contributed by atoms with van der Waals surface area (Å²) in [5.41, 5.74) is 3.08. The maximum atomic E-state index is 11.6. The number of carbonyl (C=O) groups is 2. The Balaban J connectivity index is 1.91. The number of rotatable bonds is 5. The van der Waals surface area contributed by atoms with Gasteiger partial charge in [0.1, 0.15) is 0 Å². The van der Waals surface area contributed by atoms with E-state index in [0.717, 1.165) is 16.8 Å². The van der Waals surface area contributed by atoms with Crippen LogP contribution in [0.5, 0.6) is 0 Å². The number of anilines is 1. The minimum atomic E-state index is -0.251. The van der Waals surface area contributed by atoms with Gasteiger partial charge in [0.05, 0.1) is 19.6 Å². The zero-order valence-corrected chi connectivity index (χ0v) is 11.2. The Hall–Kier alpha value is -1.88. The lowest BCUT2D eigenvalue weighted by atomic mass is 10.1. The minimum Gasteiger partial charge on any atom is -0.465 e. The summed E-state index contributed by atoms with van der Waals surface area (Å²) >= 11 is 0. The van der Waals surface area contributed by atoms with E-state index in [1.807, 2.05) is 18.2 Å². The van der Waals surface area contributed by atoms with E-state index < -0.39 is 0 Å². The van der Waals surface area contributed by atoms with E-state index in [1.54, 1.807) is 18.9 Å². The van der Waals surface area contributed by atoms with E-state index in [9.17, 15) is 9.59 Å². The predicted molar refractivity (Wildman–Crippen MR) is 71.9 cm³/mol. The molecule has 1 heterocycles. The number of nitrogens with one attached hydrogen (secondary N) is 1. The van der Waals surface area contributed by atoms with E-state index in [1.165, 1.54) is 0 Å². The first-order valence-corrected chi connectivity index (χ1v) is 6.36. The molecule has 0 unspecified atom stereocenters. The summed E-state index contributed by atoms with van der Waals surface area (Å²) in [6.07, 6.45) is 0.456. The highest BCUT2D eigenvalue weighted by Crippen LogP contribution is 2.28. The maximum Gasteiger partial charge on any atom is 0.319 e. The van der Waals surface area contributed by atoms with Crippen molar-refractivity contribution in [3.05, 3.63) is 29.3 Å². The lowest BCUT2D eigenvalue weighted by Crippen LogP contribution is -2.24. The third kappa shape index (κ3) is 3.12. The van der Waals surface area contributed by atoms with Gasteiger partial charge in [0, 0.05) is 19.3 Å². The fourth-order valence-corrected chi connectivity index (χ4v) is 2.15. The van der Waals surface area contributed by atoms with Crippen LogP contribution in [0.3, 0.4) is 0 Å². The van der Waals surface area contributed by atoms with Crippen LogP contribution in [0.2, 0.25) is 0 Å². The highest BCUT2D eigenvalue weighted by molar-refractivity contribution is 6.00. The summed E-state index contributed by atoms with van der Waals surface area (Å²) in [6, 6.07) is 5.92. The van der Waals surface area contributed by atoms with Crippen LogP contribution in [-0.2, 0) is 27.3 Å². The molecule has 1 aliphatic rings. The first-order chi connectivity index (χ1) is 9.11. The number of likely N-dealkylation sites (N-methyl/N-ethyl adjacent to an activating group) is 1. The Morgan fingerprint density at radius 1 is 1.47 bits per heavy atom. The van der Waals surface area contributed by atoms with Crippen LogP contribution in [-0.4, -0.2) is 32.1 Å². The third-order valence-electron chi connectivity index (χ3n) is 3.12. The van der Waals surface area contributed by atoms with Crippen LogP contribution >= 0.6 is 0 Å². The van der Waals surface area contributed by atoms with E-state index in [4.69, 9.17) is 4.74 Å². The van der Waals surface area contributed by atoms with Crippen molar-refractivity contribution in [3.63, 3.8) is 0 Å². The van der Waals surface area contributed by atoms with Gasteiger partial charge in [0.15, 0.2) is 0 Å². The average Bonchev–Trinajstić information content (AvgIpc) is 2.65. The van der Waals surface area contributed by atoms with Crippen molar-refractivity contribution in [3.8, 4) is 0 Å². The third-order valence-corrected chi connectivity index (χ3v) is 3.12. The van der Waals surface area contributed by atoms with Gasteiger partial charge < -0.3 is 15.0 Å². The first-order valence-electron chi connectivity index (χ1n) is 6.36. The molecule has 0 aromatic heterocycles. The highest BCUT2D eigenvalue weighted by Gasteiger charge is 2.23. The quantitative estimate of drug-likeness (QED) is 0.800. The van der Waals surface area contributed by atoms with Crippen molar-refractivity contribution in [2.24, 2.45) is 0 Å². The molecule has 0 saturated heterocycles. The van der Waals surface area contributed by atoms with E-state index in [2.05, 4.69) is 5.32 Å². The van der Waals surface area contributed by atoms with Gasteiger partial charge in [0.2, 0.25) is 5.91 Å². The number of nitrogens with zero attached hydrogens (tertiary/aromatic N) is 1. The van der Waals surface area contributed by atoms with Gasteiger partial charge in [-0.05, 0) is 24.1 Å². The molecule has 0 atom stereocenters. The van der Waals surface area contributed by atoms with Crippen LogP contribution in [0.15, 0.2) is 18.2 Å². The summed E-state index contributed by atoms with van der Waals surface area (Å²) in [4.78, 5) is 24.4. The zero-order chi connectivity index (χ0) is 13.8. The van der Waals surface area contributed by atoms with Gasteiger partial charge in [0.25, 0.3) is 0 Å². The fraction of sp³-hybridized carbons (Fsp3) is 0.429. The molecule has 0 radical (unpaired) electrons. The largest absolute Gasteiger partial charge is 0.465 e. The molecule has 0 fully saturated rings.